The number of hydrogen-bond acceptors (Lipinski definition) is 3. The molecule has 2 aromatic rings. The molecule has 1 aromatic heterocycles. The van der Waals surface area contributed by atoms with Crippen molar-refractivity contribution in [3.63, 3.8) is 0 Å². The van der Waals surface area contributed by atoms with Crippen LogP contribution in [0.25, 0.3) is 0 Å². The van der Waals surface area contributed by atoms with Crippen LogP contribution in [0, 0.1) is 0 Å². The van der Waals surface area contributed by atoms with Gasteiger partial charge >= 0.3 is 0 Å². The Morgan fingerprint density at radius 3 is 2.65 bits per heavy atom. The SMILES string of the molecule is N[C@@H](CCc1ccccc1)C(=O)Nc1cccc(Cl)n1. The second kappa shape index (κ2) is 7.03. The van der Waals surface area contributed by atoms with Crippen molar-refractivity contribution in [1.82, 2.24) is 4.98 Å². The van der Waals surface area contributed by atoms with Crippen LogP contribution >= 0.6 is 11.6 Å². The van der Waals surface area contributed by atoms with Gasteiger partial charge < -0.3 is 11.1 Å². The first-order chi connectivity index (χ1) is 9.65. The molecule has 1 atom stereocenters. The van der Waals surface area contributed by atoms with Crippen LogP contribution < -0.4 is 11.1 Å². The smallest absolute Gasteiger partial charge is 0.242 e. The van der Waals surface area contributed by atoms with Crippen molar-refractivity contribution in [3.05, 3.63) is 59.2 Å². The molecule has 0 aliphatic carbocycles. The number of carbonyl (C=O) groups is 1. The van der Waals surface area contributed by atoms with E-state index in [1.165, 1.54) is 0 Å². The van der Waals surface area contributed by atoms with E-state index in [1.54, 1.807) is 18.2 Å². The summed E-state index contributed by atoms with van der Waals surface area (Å²) in [5, 5.41) is 2.99. The third-order valence-electron chi connectivity index (χ3n) is 2.89. The molecule has 0 saturated heterocycles. The van der Waals surface area contributed by atoms with Crippen LogP contribution in [0.5, 0.6) is 0 Å². The van der Waals surface area contributed by atoms with Gasteiger partial charge in [-0.2, -0.15) is 0 Å². The average Bonchev–Trinajstić information content (AvgIpc) is 2.46. The minimum Gasteiger partial charge on any atom is -0.320 e. The maximum Gasteiger partial charge on any atom is 0.242 e. The van der Waals surface area contributed by atoms with Crippen molar-refractivity contribution < 1.29 is 4.79 Å². The minimum atomic E-state index is -0.573. The number of benzene rings is 1. The van der Waals surface area contributed by atoms with Gasteiger partial charge in [0.1, 0.15) is 11.0 Å². The van der Waals surface area contributed by atoms with Crippen molar-refractivity contribution in [1.29, 1.82) is 0 Å². The standard InChI is InChI=1S/C15H16ClN3O/c16-13-7-4-8-14(18-13)19-15(20)12(17)10-9-11-5-2-1-3-6-11/h1-8,12H,9-10,17H2,(H,18,19,20)/t12-/m0/s1. The number of nitrogens with zero attached hydrogens (tertiary/aromatic N) is 1. The second-order valence-electron chi connectivity index (χ2n) is 4.47. The van der Waals surface area contributed by atoms with E-state index in [1.807, 2.05) is 30.3 Å². The summed E-state index contributed by atoms with van der Waals surface area (Å²) in [4.78, 5) is 15.9. The van der Waals surface area contributed by atoms with E-state index < -0.39 is 6.04 Å². The van der Waals surface area contributed by atoms with Crippen molar-refractivity contribution in [2.45, 2.75) is 18.9 Å². The number of amides is 1. The molecule has 0 spiro atoms. The van der Waals surface area contributed by atoms with Crippen LogP contribution in [0.4, 0.5) is 5.82 Å². The number of rotatable bonds is 5. The molecule has 5 heteroatoms. The Morgan fingerprint density at radius 1 is 1.20 bits per heavy atom. The van der Waals surface area contributed by atoms with E-state index in [-0.39, 0.29) is 5.91 Å². The maximum absolute atomic E-state index is 11.9. The number of anilines is 1. The molecule has 4 nitrogen and oxygen atoms in total. The summed E-state index contributed by atoms with van der Waals surface area (Å²) in [6.07, 6.45) is 1.34. The van der Waals surface area contributed by atoms with Gasteiger partial charge in [-0.25, -0.2) is 4.98 Å². The Balaban J connectivity index is 1.86. The van der Waals surface area contributed by atoms with Crippen LogP contribution in [0.3, 0.4) is 0 Å². The minimum absolute atomic E-state index is 0.254. The molecule has 0 fully saturated rings. The summed E-state index contributed by atoms with van der Waals surface area (Å²) >= 11 is 5.76. The van der Waals surface area contributed by atoms with Gasteiger partial charge in [0.05, 0.1) is 6.04 Å². The van der Waals surface area contributed by atoms with E-state index in [9.17, 15) is 4.79 Å². The molecule has 0 bridgehead atoms. The van der Waals surface area contributed by atoms with Crippen LogP contribution in [-0.4, -0.2) is 16.9 Å². The van der Waals surface area contributed by atoms with Gasteiger partial charge in [-0.15, -0.1) is 0 Å². The third-order valence-corrected chi connectivity index (χ3v) is 3.10. The lowest BCUT2D eigenvalue weighted by atomic mass is 10.1. The van der Waals surface area contributed by atoms with Crippen molar-refractivity contribution >= 4 is 23.3 Å². The second-order valence-corrected chi connectivity index (χ2v) is 4.85. The summed E-state index contributed by atoms with van der Waals surface area (Å²) in [6, 6.07) is 14.4. The first-order valence-electron chi connectivity index (χ1n) is 6.38. The molecule has 1 aromatic carbocycles. The fraction of sp³-hybridized carbons (Fsp3) is 0.200. The van der Waals surface area contributed by atoms with Crippen LogP contribution in [0.1, 0.15) is 12.0 Å². The zero-order valence-corrected chi connectivity index (χ0v) is 11.7. The maximum atomic E-state index is 11.9. The topological polar surface area (TPSA) is 68.0 Å². The number of pyridine rings is 1. The summed E-state index contributed by atoms with van der Waals surface area (Å²) < 4.78 is 0. The van der Waals surface area contributed by atoms with E-state index in [2.05, 4.69) is 10.3 Å². The van der Waals surface area contributed by atoms with E-state index in [4.69, 9.17) is 17.3 Å². The van der Waals surface area contributed by atoms with Crippen molar-refractivity contribution in [3.8, 4) is 0 Å². The zero-order chi connectivity index (χ0) is 14.4. The predicted octanol–water partition coefficient (Wildman–Crippen LogP) is 2.63. The lowest BCUT2D eigenvalue weighted by Crippen LogP contribution is -2.36. The lowest BCUT2D eigenvalue weighted by molar-refractivity contribution is -0.117. The quantitative estimate of drug-likeness (QED) is 0.832. The van der Waals surface area contributed by atoms with Gasteiger partial charge in [-0.3, -0.25) is 4.79 Å². The molecule has 1 amide bonds. The lowest BCUT2D eigenvalue weighted by Gasteiger charge is -2.11. The first kappa shape index (κ1) is 14.5. The van der Waals surface area contributed by atoms with E-state index in [0.717, 1.165) is 12.0 Å². The third kappa shape index (κ3) is 4.33. The summed E-state index contributed by atoms with van der Waals surface area (Å²) in [7, 11) is 0. The van der Waals surface area contributed by atoms with Crippen LogP contribution in [-0.2, 0) is 11.2 Å². The van der Waals surface area contributed by atoms with Gasteiger partial charge in [0.25, 0.3) is 0 Å². The molecular formula is C15H16ClN3O. The highest BCUT2D eigenvalue weighted by Crippen LogP contribution is 2.10. The zero-order valence-electron chi connectivity index (χ0n) is 10.9. The van der Waals surface area contributed by atoms with Crippen LogP contribution in [0.2, 0.25) is 5.15 Å². The molecular weight excluding hydrogens is 274 g/mol. The number of aryl methyl sites for hydroxylation is 1. The highest BCUT2D eigenvalue weighted by molar-refractivity contribution is 6.29. The number of aromatic nitrogens is 1. The van der Waals surface area contributed by atoms with Gasteiger partial charge in [-0.05, 0) is 30.5 Å². The van der Waals surface area contributed by atoms with Crippen molar-refractivity contribution in [2.24, 2.45) is 5.73 Å². The number of nitrogens with two attached hydrogens (primary N) is 1. The molecule has 1 heterocycles. The molecule has 2 rings (SSSR count). The highest BCUT2D eigenvalue weighted by Gasteiger charge is 2.14. The van der Waals surface area contributed by atoms with Gasteiger partial charge in [0.2, 0.25) is 5.91 Å². The molecule has 3 N–H and O–H groups in total. The Bertz CT molecular complexity index is 574. The Morgan fingerprint density at radius 2 is 1.95 bits per heavy atom. The normalized spacial score (nSPS) is 11.9. The summed E-state index contributed by atoms with van der Waals surface area (Å²) in [5.41, 5.74) is 7.04. The molecule has 104 valence electrons. The Hall–Kier alpha value is -1.91. The average molecular weight is 290 g/mol. The summed E-state index contributed by atoms with van der Waals surface area (Å²) in [6.45, 7) is 0. The largest absolute Gasteiger partial charge is 0.320 e. The van der Waals surface area contributed by atoms with Crippen molar-refractivity contribution in [2.75, 3.05) is 5.32 Å². The number of carbonyl (C=O) groups excluding carboxylic acids is 1. The number of nitrogens with one attached hydrogen (secondary N) is 1. The van der Waals surface area contributed by atoms with Gasteiger partial charge in [0.15, 0.2) is 0 Å². The predicted molar refractivity (Wildman–Crippen MR) is 80.6 cm³/mol. The molecule has 20 heavy (non-hydrogen) atoms. The highest BCUT2D eigenvalue weighted by atomic mass is 35.5. The van der Waals surface area contributed by atoms with E-state index >= 15 is 0 Å². The Kier molecular flexibility index (Phi) is 5.09. The molecule has 0 unspecified atom stereocenters. The van der Waals surface area contributed by atoms with Gasteiger partial charge in [-0.1, -0.05) is 48.0 Å². The van der Waals surface area contributed by atoms with E-state index in [0.29, 0.717) is 17.4 Å². The fourth-order valence-corrected chi connectivity index (χ4v) is 1.96. The fourth-order valence-electron chi connectivity index (χ4n) is 1.79. The summed E-state index contributed by atoms with van der Waals surface area (Å²) in [5.74, 6) is 0.161. The number of halogens is 1. The molecule has 0 aliphatic rings. The van der Waals surface area contributed by atoms with Gasteiger partial charge in [0, 0.05) is 0 Å². The molecule has 0 aliphatic heterocycles. The first-order valence-corrected chi connectivity index (χ1v) is 6.76. The molecule has 0 radical (unpaired) electrons. The number of hydrogen-bond donors (Lipinski definition) is 2. The molecule has 0 saturated carbocycles. The monoisotopic (exact) mass is 289 g/mol. The van der Waals surface area contributed by atoms with Crippen LogP contribution in [0.15, 0.2) is 48.5 Å². The Labute approximate surface area is 123 Å².